The van der Waals surface area contributed by atoms with Crippen molar-refractivity contribution in [1.29, 1.82) is 5.26 Å². The van der Waals surface area contributed by atoms with E-state index < -0.39 is 20.8 Å². The molecule has 1 saturated carbocycles. The summed E-state index contributed by atoms with van der Waals surface area (Å²) in [6.45, 7) is -0.232. The third kappa shape index (κ3) is 3.17. The number of nitrogens with zero attached hydrogens (tertiary/aromatic N) is 4. The van der Waals surface area contributed by atoms with Crippen LogP contribution in [0.2, 0.25) is 0 Å². The minimum atomic E-state index is -3.86. The summed E-state index contributed by atoms with van der Waals surface area (Å²) in [6.07, 6.45) is 4.27. The summed E-state index contributed by atoms with van der Waals surface area (Å²) in [5, 5.41) is 19.4. The second kappa shape index (κ2) is 6.15. The van der Waals surface area contributed by atoms with Crippen LogP contribution in [0.4, 0.5) is 5.82 Å². The molecule has 0 atom stereocenters. The molecular weight excluding hydrogens is 296 g/mol. The number of aromatic nitrogens is 1. The van der Waals surface area contributed by atoms with E-state index in [1.807, 2.05) is 6.07 Å². The van der Waals surface area contributed by atoms with Gasteiger partial charge in [-0.25, -0.2) is 8.42 Å². The molecule has 1 heterocycles. The van der Waals surface area contributed by atoms with E-state index in [0.717, 1.165) is 44.0 Å². The number of sulfonamides is 1. The van der Waals surface area contributed by atoms with Crippen molar-refractivity contribution in [2.45, 2.75) is 36.6 Å². The van der Waals surface area contributed by atoms with E-state index in [2.05, 4.69) is 4.98 Å². The standard InChI is InChI=1S/C12H14N4O4S/c13-7-8-15(10-3-1-2-4-10)21(19,20)11-5-6-12(14-9-11)16(17)18/h5-6,9-10H,1-4,8H2. The largest absolute Gasteiger partial charge is 0.363 e. The normalized spacial score (nSPS) is 16.0. The first-order chi connectivity index (χ1) is 9.96. The first-order valence-corrected chi connectivity index (χ1v) is 7.90. The van der Waals surface area contributed by atoms with E-state index in [-0.39, 0.29) is 17.5 Å². The van der Waals surface area contributed by atoms with Crippen molar-refractivity contribution < 1.29 is 13.3 Å². The zero-order valence-electron chi connectivity index (χ0n) is 11.2. The van der Waals surface area contributed by atoms with E-state index in [0.29, 0.717) is 0 Å². The number of pyridine rings is 1. The molecule has 1 aromatic heterocycles. The molecule has 0 aliphatic heterocycles. The van der Waals surface area contributed by atoms with E-state index in [1.54, 1.807) is 0 Å². The summed E-state index contributed by atoms with van der Waals surface area (Å²) in [4.78, 5) is 13.2. The highest BCUT2D eigenvalue weighted by Crippen LogP contribution is 2.28. The van der Waals surface area contributed by atoms with E-state index in [1.165, 1.54) is 4.31 Å². The molecule has 0 saturated heterocycles. The molecule has 0 amide bonds. The predicted molar refractivity (Wildman–Crippen MR) is 72.7 cm³/mol. The van der Waals surface area contributed by atoms with Crippen molar-refractivity contribution in [3.63, 3.8) is 0 Å². The van der Waals surface area contributed by atoms with Crippen LogP contribution in [0.1, 0.15) is 25.7 Å². The number of nitro groups is 1. The molecule has 9 heteroatoms. The van der Waals surface area contributed by atoms with Gasteiger partial charge in [0.1, 0.15) is 11.4 Å². The molecule has 2 rings (SSSR count). The second-order valence-electron chi connectivity index (χ2n) is 4.76. The Balaban J connectivity index is 2.33. The third-order valence-corrected chi connectivity index (χ3v) is 5.35. The van der Waals surface area contributed by atoms with Gasteiger partial charge in [-0.1, -0.05) is 12.8 Å². The van der Waals surface area contributed by atoms with Crippen LogP contribution in [0, 0.1) is 21.4 Å². The second-order valence-corrected chi connectivity index (χ2v) is 6.65. The fourth-order valence-corrected chi connectivity index (χ4v) is 3.97. The quantitative estimate of drug-likeness (QED) is 0.461. The van der Waals surface area contributed by atoms with Crippen molar-refractivity contribution in [1.82, 2.24) is 9.29 Å². The van der Waals surface area contributed by atoms with E-state index in [4.69, 9.17) is 5.26 Å². The van der Waals surface area contributed by atoms with Gasteiger partial charge in [-0.05, 0) is 28.8 Å². The number of hydrogen-bond donors (Lipinski definition) is 0. The van der Waals surface area contributed by atoms with Crippen LogP contribution >= 0.6 is 0 Å². The molecule has 0 radical (unpaired) electrons. The molecule has 0 aromatic carbocycles. The van der Waals surface area contributed by atoms with E-state index >= 15 is 0 Å². The Morgan fingerprint density at radius 1 is 1.43 bits per heavy atom. The highest BCUT2D eigenvalue weighted by molar-refractivity contribution is 7.89. The van der Waals surface area contributed by atoms with Crippen molar-refractivity contribution >= 4 is 15.8 Å². The summed E-state index contributed by atoms with van der Waals surface area (Å²) >= 11 is 0. The first kappa shape index (κ1) is 15.3. The Hall–Kier alpha value is -2.05. The molecule has 1 fully saturated rings. The first-order valence-electron chi connectivity index (χ1n) is 6.46. The van der Waals surface area contributed by atoms with Crippen LogP contribution in [0.25, 0.3) is 0 Å². The molecule has 1 aliphatic carbocycles. The van der Waals surface area contributed by atoms with Crippen molar-refractivity contribution in [3.05, 3.63) is 28.4 Å². The fraction of sp³-hybridized carbons (Fsp3) is 0.500. The SMILES string of the molecule is N#CCN(C1CCCC1)S(=O)(=O)c1ccc([N+](=O)[O-])nc1. The smallest absolute Gasteiger partial charge is 0.358 e. The zero-order valence-corrected chi connectivity index (χ0v) is 12.0. The molecule has 0 spiro atoms. The van der Waals surface area contributed by atoms with Crippen LogP contribution in [-0.2, 0) is 10.0 Å². The maximum Gasteiger partial charge on any atom is 0.363 e. The Labute approximate surface area is 122 Å². The maximum atomic E-state index is 12.6. The molecule has 8 nitrogen and oxygen atoms in total. The van der Waals surface area contributed by atoms with Gasteiger partial charge in [0, 0.05) is 12.1 Å². The summed E-state index contributed by atoms with van der Waals surface area (Å²) in [7, 11) is -3.86. The predicted octanol–water partition coefficient (Wildman–Crippen LogP) is 1.45. The molecule has 0 bridgehead atoms. The third-order valence-electron chi connectivity index (χ3n) is 3.47. The lowest BCUT2D eigenvalue weighted by molar-refractivity contribution is -0.389. The Morgan fingerprint density at radius 2 is 2.10 bits per heavy atom. The molecule has 1 aromatic rings. The van der Waals surface area contributed by atoms with Gasteiger partial charge in [0.25, 0.3) is 0 Å². The molecule has 1 aliphatic rings. The zero-order chi connectivity index (χ0) is 15.5. The van der Waals surface area contributed by atoms with Crippen LogP contribution in [0.5, 0.6) is 0 Å². The van der Waals surface area contributed by atoms with Crippen LogP contribution in [0.15, 0.2) is 23.2 Å². The molecular formula is C12H14N4O4S. The Kier molecular flexibility index (Phi) is 4.50. The van der Waals surface area contributed by atoms with Gasteiger partial charge >= 0.3 is 5.82 Å². The summed E-state index contributed by atoms with van der Waals surface area (Å²) in [5.41, 5.74) is 0. The van der Waals surface area contributed by atoms with Gasteiger partial charge in [-0.15, -0.1) is 0 Å². The maximum absolute atomic E-state index is 12.6. The summed E-state index contributed by atoms with van der Waals surface area (Å²) in [6, 6.07) is 3.88. The lowest BCUT2D eigenvalue weighted by Crippen LogP contribution is -2.39. The molecule has 0 unspecified atom stereocenters. The Bertz CT molecular complexity index is 659. The van der Waals surface area contributed by atoms with Gasteiger partial charge in [-0.3, -0.25) is 0 Å². The molecule has 112 valence electrons. The average molecular weight is 310 g/mol. The molecule has 21 heavy (non-hydrogen) atoms. The van der Waals surface area contributed by atoms with Gasteiger partial charge in [0.2, 0.25) is 10.0 Å². The fourth-order valence-electron chi connectivity index (χ4n) is 2.44. The van der Waals surface area contributed by atoms with Gasteiger partial charge in [-0.2, -0.15) is 9.57 Å². The lowest BCUT2D eigenvalue weighted by Gasteiger charge is -2.24. The van der Waals surface area contributed by atoms with Crippen molar-refractivity contribution in [3.8, 4) is 6.07 Å². The number of hydrogen-bond acceptors (Lipinski definition) is 6. The highest BCUT2D eigenvalue weighted by atomic mass is 32.2. The lowest BCUT2D eigenvalue weighted by atomic mass is 10.2. The van der Waals surface area contributed by atoms with Crippen LogP contribution in [0.3, 0.4) is 0 Å². The minimum absolute atomic E-state index is 0.129. The highest BCUT2D eigenvalue weighted by Gasteiger charge is 2.34. The monoisotopic (exact) mass is 310 g/mol. The van der Waals surface area contributed by atoms with Crippen molar-refractivity contribution in [2.75, 3.05) is 6.54 Å². The van der Waals surface area contributed by atoms with Gasteiger partial charge in [0.15, 0.2) is 6.20 Å². The van der Waals surface area contributed by atoms with Crippen LogP contribution in [-0.4, -0.2) is 35.2 Å². The minimum Gasteiger partial charge on any atom is -0.358 e. The van der Waals surface area contributed by atoms with Gasteiger partial charge < -0.3 is 10.1 Å². The molecule has 0 N–H and O–H groups in total. The average Bonchev–Trinajstić information content (AvgIpc) is 2.98. The number of rotatable bonds is 5. The van der Waals surface area contributed by atoms with Crippen LogP contribution < -0.4 is 0 Å². The summed E-state index contributed by atoms with van der Waals surface area (Å²) in [5.74, 6) is -0.415. The summed E-state index contributed by atoms with van der Waals surface area (Å²) < 4.78 is 26.3. The Morgan fingerprint density at radius 3 is 2.57 bits per heavy atom. The van der Waals surface area contributed by atoms with Crippen molar-refractivity contribution in [2.24, 2.45) is 0 Å². The topological polar surface area (TPSA) is 117 Å². The van der Waals surface area contributed by atoms with E-state index in [9.17, 15) is 18.5 Å². The number of nitriles is 1. The van der Waals surface area contributed by atoms with Gasteiger partial charge in [0.05, 0.1) is 6.07 Å².